The summed E-state index contributed by atoms with van der Waals surface area (Å²) in [6.45, 7) is 12.7. The van der Waals surface area contributed by atoms with Crippen molar-refractivity contribution >= 4 is 19.9 Å². The number of esters is 1. The van der Waals surface area contributed by atoms with E-state index in [9.17, 15) is 4.79 Å². The lowest BCUT2D eigenvalue weighted by molar-refractivity contribution is -0.138. The second-order valence-electron chi connectivity index (χ2n) is 9.22. The minimum absolute atomic E-state index is 0.318. The van der Waals surface area contributed by atoms with E-state index in [0.717, 1.165) is 22.3 Å². The summed E-state index contributed by atoms with van der Waals surface area (Å²) in [5.41, 5.74) is 3.65. The Bertz CT molecular complexity index is 1070. The Morgan fingerprint density at radius 1 is 0.853 bits per heavy atom. The van der Waals surface area contributed by atoms with Crippen molar-refractivity contribution < 1.29 is 14.0 Å². The van der Waals surface area contributed by atoms with Crippen molar-refractivity contribution in [3.8, 4) is 0 Å². The molecule has 0 amide bonds. The Hall–Kier alpha value is -3.21. The third-order valence-corrected chi connectivity index (χ3v) is 6.30. The molecular weight excluding hydrogens is 436 g/mol. The molecule has 0 fully saturated rings. The average Bonchev–Trinajstić information content (AvgIpc) is 2.84. The molecule has 0 N–H and O–H groups in total. The summed E-state index contributed by atoms with van der Waals surface area (Å²) in [5.74, 6) is -0.375. The zero-order chi connectivity index (χ0) is 24.6. The monoisotopic (exact) mass is 470 g/mol. The maximum Gasteiger partial charge on any atom is 0.333 e. The molecule has 0 aliphatic heterocycles. The summed E-state index contributed by atoms with van der Waals surface area (Å²) < 4.78 is 12.3. The van der Waals surface area contributed by atoms with Crippen molar-refractivity contribution in [2.24, 2.45) is 0 Å². The van der Waals surface area contributed by atoms with E-state index in [1.807, 2.05) is 54.6 Å². The quantitative estimate of drug-likeness (QED) is 0.176. The van der Waals surface area contributed by atoms with Crippen molar-refractivity contribution in [2.75, 3.05) is 6.61 Å². The van der Waals surface area contributed by atoms with E-state index in [0.29, 0.717) is 18.6 Å². The number of allylic oxidation sites excluding steroid dienone is 1. The average molecular weight is 471 g/mol. The number of hydrogen-bond donors (Lipinski definition) is 0. The normalized spacial score (nSPS) is 12.3. The molecule has 0 saturated heterocycles. The zero-order valence-electron chi connectivity index (χ0n) is 20.6. The smallest absolute Gasteiger partial charge is 0.333 e. The molecule has 0 atom stereocenters. The lowest BCUT2D eigenvalue weighted by atomic mass is 9.82. The summed E-state index contributed by atoms with van der Waals surface area (Å²) in [6.07, 6.45) is 2.54. The molecular formula is C30H34O3Si. The molecule has 176 valence electrons. The van der Waals surface area contributed by atoms with Crippen molar-refractivity contribution in [3.05, 3.63) is 126 Å². The van der Waals surface area contributed by atoms with Crippen molar-refractivity contribution in [1.82, 2.24) is 0 Å². The van der Waals surface area contributed by atoms with Crippen LogP contribution in [0.25, 0.3) is 5.57 Å². The fraction of sp³-hybridized carbons (Fsp3) is 0.233. The zero-order valence-corrected chi connectivity index (χ0v) is 21.6. The van der Waals surface area contributed by atoms with Crippen LogP contribution in [0.4, 0.5) is 0 Å². The summed E-state index contributed by atoms with van der Waals surface area (Å²) in [4.78, 5) is 12.5. The minimum atomic E-state index is -2.06. The fourth-order valence-corrected chi connectivity index (χ4v) is 5.26. The highest BCUT2D eigenvalue weighted by molar-refractivity contribution is 6.69. The molecule has 0 spiro atoms. The Balaban J connectivity index is 2.29. The van der Waals surface area contributed by atoms with Gasteiger partial charge in [0, 0.05) is 12.0 Å². The topological polar surface area (TPSA) is 35.5 Å². The van der Waals surface area contributed by atoms with Gasteiger partial charge in [-0.2, -0.15) is 0 Å². The summed E-state index contributed by atoms with van der Waals surface area (Å²) in [5, 5.41) is 0. The van der Waals surface area contributed by atoms with Crippen LogP contribution in [-0.4, -0.2) is 20.9 Å². The van der Waals surface area contributed by atoms with E-state index in [-0.39, 0.29) is 5.97 Å². The molecule has 0 radical (unpaired) electrons. The molecule has 0 bridgehead atoms. The van der Waals surface area contributed by atoms with E-state index in [2.05, 4.69) is 68.7 Å². The molecule has 4 heteroatoms. The summed E-state index contributed by atoms with van der Waals surface area (Å²) in [6, 6.07) is 30.7. The predicted molar refractivity (Wildman–Crippen MR) is 143 cm³/mol. The van der Waals surface area contributed by atoms with E-state index < -0.39 is 13.9 Å². The second kappa shape index (κ2) is 11.3. The standard InChI is InChI=1S/C30H34O3Si/c1-6-32-29(31)24(2)22-26(25-16-10-7-11-17-25)23-30(33-34(3,4)5,27-18-12-8-13-19-27)28-20-14-9-15-21-28/h7-21,23H,2,6,22H2,1,3-5H3/b26-23-. The molecule has 34 heavy (non-hydrogen) atoms. The van der Waals surface area contributed by atoms with Gasteiger partial charge in [-0.15, -0.1) is 0 Å². The Kier molecular flexibility index (Phi) is 8.43. The first kappa shape index (κ1) is 25.4. The number of ether oxygens (including phenoxy) is 1. The molecule has 3 rings (SSSR count). The van der Waals surface area contributed by atoms with Crippen LogP contribution in [0.15, 0.2) is 109 Å². The molecule has 0 unspecified atom stereocenters. The highest BCUT2D eigenvalue weighted by Crippen LogP contribution is 2.41. The van der Waals surface area contributed by atoms with Crippen LogP contribution in [0.1, 0.15) is 30.0 Å². The lowest BCUT2D eigenvalue weighted by Crippen LogP contribution is -2.40. The first-order chi connectivity index (χ1) is 16.2. The molecule has 0 aliphatic rings. The summed E-state index contributed by atoms with van der Waals surface area (Å²) >= 11 is 0. The fourth-order valence-electron chi connectivity index (χ4n) is 4.00. The SMILES string of the molecule is C=C(C/C(=C/C(O[Si](C)(C)C)(c1ccccc1)c1ccccc1)c1ccccc1)C(=O)OCC. The van der Waals surface area contributed by atoms with Crippen molar-refractivity contribution in [3.63, 3.8) is 0 Å². The minimum Gasteiger partial charge on any atom is -0.463 e. The van der Waals surface area contributed by atoms with Gasteiger partial charge in [-0.25, -0.2) is 4.79 Å². The predicted octanol–water partition coefficient (Wildman–Crippen LogP) is 7.37. The van der Waals surface area contributed by atoms with Gasteiger partial charge >= 0.3 is 5.97 Å². The van der Waals surface area contributed by atoms with E-state index in [4.69, 9.17) is 9.16 Å². The Morgan fingerprint density at radius 2 is 1.32 bits per heavy atom. The van der Waals surface area contributed by atoms with Gasteiger partial charge in [0.25, 0.3) is 0 Å². The van der Waals surface area contributed by atoms with Gasteiger partial charge in [0.15, 0.2) is 8.32 Å². The number of hydrogen-bond acceptors (Lipinski definition) is 3. The number of rotatable bonds is 10. The van der Waals surface area contributed by atoms with E-state index in [1.165, 1.54) is 0 Å². The summed E-state index contributed by atoms with van der Waals surface area (Å²) in [7, 11) is -2.06. The molecule has 0 heterocycles. The van der Waals surface area contributed by atoms with Crippen LogP contribution in [0.2, 0.25) is 19.6 Å². The first-order valence-corrected chi connectivity index (χ1v) is 15.1. The lowest BCUT2D eigenvalue weighted by Gasteiger charge is -2.39. The van der Waals surface area contributed by atoms with Gasteiger partial charge in [-0.1, -0.05) is 97.6 Å². The van der Waals surface area contributed by atoms with Gasteiger partial charge < -0.3 is 9.16 Å². The van der Waals surface area contributed by atoms with Crippen LogP contribution >= 0.6 is 0 Å². The molecule has 0 saturated carbocycles. The maximum atomic E-state index is 12.5. The van der Waals surface area contributed by atoms with Crippen LogP contribution < -0.4 is 0 Å². The number of carbonyl (C=O) groups excluding carboxylic acids is 1. The molecule has 3 aromatic rings. The molecule has 0 aliphatic carbocycles. The van der Waals surface area contributed by atoms with Gasteiger partial charge in [0.1, 0.15) is 5.60 Å². The molecule has 0 aromatic heterocycles. The van der Waals surface area contributed by atoms with Crippen LogP contribution in [0, 0.1) is 0 Å². The van der Waals surface area contributed by atoms with E-state index in [1.54, 1.807) is 6.92 Å². The first-order valence-electron chi connectivity index (χ1n) is 11.7. The molecule has 3 nitrogen and oxygen atoms in total. The largest absolute Gasteiger partial charge is 0.463 e. The van der Waals surface area contributed by atoms with Crippen molar-refractivity contribution in [1.29, 1.82) is 0 Å². The van der Waals surface area contributed by atoms with Gasteiger partial charge in [0.05, 0.1) is 6.61 Å². The second-order valence-corrected chi connectivity index (χ2v) is 13.6. The van der Waals surface area contributed by atoms with E-state index >= 15 is 0 Å². The third kappa shape index (κ3) is 6.43. The van der Waals surface area contributed by atoms with Crippen LogP contribution in [-0.2, 0) is 19.6 Å². The van der Waals surface area contributed by atoms with Crippen molar-refractivity contribution in [2.45, 2.75) is 38.6 Å². The highest BCUT2D eigenvalue weighted by atomic mass is 28.4. The number of benzene rings is 3. The Labute approximate surface area is 204 Å². The Morgan fingerprint density at radius 3 is 1.76 bits per heavy atom. The molecule has 3 aromatic carbocycles. The van der Waals surface area contributed by atoms with Gasteiger partial charge in [0.2, 0.25) is 0 Å². The highest BCUT2D eigenvalue weighted by Gasteiger charge is 2.38. The van der Waals surface area contributed by atoms with Crippen LogP contribution in [0.3, 0.4) is 0 Å². The third-order valence-electron chi connectivity index (χ3n) is 5.36. The van der Waals surface area contributed by atoms with Gasteiger partial charge in [-0.3, -0.25) is 0 Å². The maximum absolute atomic E-state index is 12.5. The van der Waals surface area contributed by atoms with Crippen LogP contribution in [0.5, 0.6) is 0 Å². The number of carbonyl (C=O) groups is 1. The van der Waals surface area contributed by atoms with Gasteiger partial charge in [-0.05, 0) is 54.9 Å².